The zero-order valence-corrected chi connectivity index (χ0v) is 7.16. The first-order chi connectivity index (χ1) is 6.22. The van der Waals surface area contributed by atoms with Crippen LogP contribution in [0.2, 0.25) is 0 Å². The van der Waals surface area contributed by atoms with Crippen molar-refractivity contribution in [1.82, 2.24) is 9.97 Å². The predicted octanol–water partition coefficient (Wildman–Crippen LogP) is 0.721. The normalized spacial score (nSPS) is 9.69. The fraction of sp³-hybridized carbons (Fsp3) is 0.375. The second-order valence-corrected chi connectivity index (χ2v) is 2.39. The van der Waals surface area contributed by atoms with Crippen LogP contribution in [0.4, 0.5) is 4.39 Å². The first-order valence-corrected chi connectivity index (χ1v) is 3.75. The Labute approximate surface area is 74.8 Å². The molecule has 0 fully saturated rings. The van der Waals surface area contributed by atoms with Crippen LogP contribution in [0, 0.1) is 5.82 Å². The molecule has 0 atom stereocenters. The molecule has 5 heteroatoms. The lowest BCUT2D eigenvalue weighted by atomic mass is 10.3. The molecule has 13 heavy (non-hydrogen) atoms. The molecule has 70 valence electrons. The Morgan fingerprint density at radius 2 is 2.15 bits per heavy atom. The minimum atomic E-state index is -0.484. The van der Waals surface area contributed by atoms with Gasteiger partial charge in [-0.2, -0.15) is 0 Å². The van der Waals surface area contributed by atoms with Gasteiger partial charge in [-0.05, 0) is 0 Å². The topological polar surface area (TPSA) is 52.1 Å². The van der Waals surface area contributed by atoms with Gasteiger partial charge in [-0.25, -0.2) is 14.4 Å². The molecule has 0 N–H and O–H groups in total. The van der Waals surface area contributed by atoms with E-state index in [4.69, 9.17) is 0 Å². The molecule has 1 heterocycles. The molecule has 0 bridgehead atoms. The molecule has 1 aromatic rings. The van der Waals surface area contributed by atoms with Crippen LogP contribution in [0.5, 0.6) is 0 Å². The summed E-state index contributed by atoms with van der Waals surface area (Å²) in [4.78, 5) is 18.1. The van der Waals surface area contributed by atoms with Crippen molar-refractivity contribution in [3.05, 3.63) is 24.0 Å². The molecule has 0 spiro atoms. The summed E-state index contributed by atoms with van der Waals surface area (Å²) in [5.41, 5.74) is 0. The van der Waals surface area contributed by atoms with Crippen molar-refractivity contribution in [3.63, 3.8) is 0 Å². The SMILES string of the molecule is COC(=O)CCc1ncc(F)cn1. The Hall–Kier alpha value is -1.52. The Morgan fingerprint density at radius 1 is 1.54 bits per heavy atom. The quantitative estimate of drug-likeness (QED) is 0.649. The maximum Gasteiger partial charge on any atom is 0.305 e. The van der Waals surface area contributed by atoms with Gasteiger partial charge in [-0.15, -0.1) is 0 Å². The number of halogens is 1. The van der Waals surface area contributed by atoms with E-state index in [-0.39, 0.29) is 12.4 Å². The molecular weight excluding hydrogens is 175 g/mol. The van der Waals surface area contributed by atoms with Gasteiger partial charge in [0.15, 0.2) is 5.82 Å². The number of rotatable bonds is 3. The van der Waals surface area contributed by atoms with Crippen molar-refractivity contribution in [2.24, 2.45) is 0 Å². The summed E-state index contributed by atoms with van der Waals surface area (Å²) in [7, 11) is 1.31. The fourth-order valence-corrected chi connectivity index (χ4v) is 0.784. The average molecular weight is 184 g/mol. The Bertz CT molecular complexity index is 287. The second kappa shape index (κ2) is 4.49. The van der Waals surface area contributed by atoms with E-state index in [1.54, 1.807) is 0 Å². The highest BCUT2D eigenvalue weighted by Crippen LogP contribution is 1.97. The van der Waals surface area contributed by atoms with E-state index in [9.17, 15) is 9.18 Å². The monoisotopic (exact) mass is 184 g/mol. The summed E-state index contributed by atoms with van der Waals surface area (Å²) < 4.78 is 16.8. The number of aryl methyl sites for hydroxylation is 1. The van der Waals surface area contributed by atoms with Crippen molar-refractivity contribution < 1.29 is 13.9 Å². The van der Waals surface area contributed by atoms with E-state index in [0.717, 1.165) is 12.4 Å². The summed E-state index contributed by atoms with van der Waals surface area (Å²) in [5, 5.41) is 0. The lowest BCUT2D eigenvalue weighted by molar-refractivity contribution is -0.140. The number of carbonyl (C=O) groups is 1. The van der Waals surface area contributed by atoms with Crippen LogP contribution >= 0.6 is 0 Å². The summed E-state index contributed by atoms with van der Waals surface area (Å²) in [6, 6.07) is 0. The van der Waals surface area contributed by atoms with Crippen LogP contribution in [-0.4, -0.2) is 23.0 Å². The Balaban J connectivity index is 2.46. The number of nitrogens with zero attached hydrogens (tertiary/aromatic N) is 2. The molecule has 0 radical (unpaired) electrons. The zero-order chi connectivity index (χ0) is 9.68. The van der Waals surface area contributed by atoms with Crippen molar-refractivity contribution in [2.75, 3.05) is 7.11 Å². The van der Waals surface area contributed by atoms with E-state index in [1.165, 1.54) is 7.11 Å². The number of methoxy groups -OCH3 is 1. The lowest BCUT2D eigenvalue weighted by Crippen LogP contribution is -2.04. The lowest BCUT2D eigenvalue weighted by Gasteiger charge is -1.97. The molecule has 0 aliphatic rings. The molecule has 0 unspecified atom stereocenters. The van der Waals surface area contributed by atoms with Crippen molar-refractivity contribution in [3.8, 4) is 0 Å². The largest absolute Gasteiger partial charge is 0.469 e. The highest BCUT2D eigenvalue weighted by Gasteiger charge is 2.03. The van der Waals surface area contributed by atoms with Crippen LogP contribution in [-0.2, 0) is 16.0 Å². The molecule has 0 aliphatic heterocycles. The number of esters is 1. The summed E-state index contributed by atoms with van der Waals surface area (Å²) >= 11 is 0. The standard InChI is InChI=1S/C8H9FN2O2/c1-13-8(12)3-2-7-10-4-6(9)5-11-7/h4-5H,2-3H2,1H3. The number of ether oxygens (including phenoxy) is 1. The number of aromatic nitrogens is 2. The third kappa shape index (κ3) is 3.14. The predicted molar refractivity (Wildman–Crippen MR) is 42.3 cm³/mol. The van der Waals surface area contributed by atoms with E-state index in [2.05, 4.69) is 14.7 Å². The highest BCUT2D eigenvalue weighted by atomic mass is 19.1. The number of carbonyl (C=O) groups excluding carboxylic acids is 1. The molecule has 0 saturated carbocycles. The first-order valence-electron chi connectivity index (χ1n) is 3.75. The second-order valence-electron chi connectivity index (χ2n) is 2.39. The van der Waals surface area contributed by atoms with Gasteiger partial charge in [0.2, 0.25) is 0 Å². The van der Waals surface area contributed by atoms with Gasteiger partial charge in [0.1, 0.15) is 5.82 Å². The summed E-state index contributed by atoms with van der Waals surface area (Å²) in [5.74, 6) is -0.374. The molecule has 4 nitrogen and oxygen atoms in total. The van der Waals surface area contributed by atoms with Gasteiger partial charge in [0.25, 0.3) is 0 Å². The smallest absolute Gasteiger partial charge is 0.305 e. The van der Waals surface area contributed by atoms with E-state index < -0.39 is 5.82 Å². The molecule has 0 amide bonds. The highest BCUT2D eigenvalue weighted by molar-refractivity contribution is 5.69. The molecule has 0 aliphatic carbocycles. The van der Waals surface area contributed by atoms with Gasteiger partial charge in [-0.1, -0.05) is 0 Å². The van der Waals surface area contributed by atoms with Gasteiger partial charge in [0, 0.05) is 6.42 Å². The van der Waals surface area contributed by atoms with Crippen LogP contribution < -0.4 is 0 Å². The fourth-order valence-electron chi connectivity index (χ4n) is 0.784. The average Bonchev–Trinajstić information content (AvgIpc) is 2.16. The first kappa shape index (κ1) is 9.57. The maximum atomic E-state index is 12.3. The maximum absolute atomic E-state index is 12.3. The van der Waals surface area contributed by atoms with E-state index >= 15 is 0 Å². The molecule has 1 rings (SSSR count). The van der Waals surface area contributed by atoms with Crippen molar-refractivity contribution >= 4 is 5.97 Å². The third-order valence-electron chi connectivity index (χ3n) is 1.45. The minimum absolute atomic E-state index is 0.210. The summed E-state index contributed by atoms with van der Waals surface area (Å²) in [6.07, 6.45) is 2.72. The molecule has 0 saturated heterocycles. The summed E-state index contributed by atoms with van der Waals surface area (Å²) in [6.45, 7) is 0. The third-order valence-corrected chi connectivity index (χ3v) is 1.45. The van der Waals surface area contributed by atoms with Gasteiger partial charge in [-0.3, -0.25) is 4.79 Å². The number of hydrogen-bond acceptors (Lipinski definition) is 4. The van der Waals surface area contributed by atoms with E-state index in [0.29, 0.717) is 12.2 Å². The minimum Gasteiger partial charge on any atom is -0.469 e. The van der Waals surface area contributed by atoms with Gasteiger partial charge >= 0.3 is 5.97 Å². The van der Waals surface area contributed by atoms with Crippen molar-refractivity contribution in [2.45, 2.75) is 12.8 Å². The van der Waals surface area contributed by atoms with Crippen molar-refractivity contribution in [1.29, 1.82) is 0 Å². The van der Waals surface area contributed by atoms with E-state index in [1.807, 2.05) is 0 Å². The number of hydrogen-bond donors (Lipinski definition) is 0. The van der Waals surface area contributed by atoms with Gasteiger partial charge < -0.3 is 4.74 Å². The van der Waals surface area contributed by atoms with Crippen LogP contribution in [0.3, 0.4) is 0 Å². The molecule has 1 aromatic heterocycles. The molecular formula is C8H9FN2O2. The van der Waals surface area contributed by atoms with Crippen LogP contribution in [0.25, 0.3) is 0 Å². The Morgan fingerprint density at radius 3 is 2.69 bits per heavy atom. The molecule has 0 aromatic carbocycles. The zero-order valence-electron chi connectivity index (χ0n) is 7.16. The Kier molecular flexibility index (Phi) is 3.31. The van der Waals surface area contributed by atoms with Crippen LogP contribution in [0.15, 0.2) is 12.4 Å². The van der Waals surface area contributed by atoms with Crippen LogP contribution in [0.1, 0.15) is 12.2 Å². The van der Waals surface area contributed by atoms with Gasteiger partial charge in [0.05, 0.1) is 25.9 Å².